The Bertz CT molecular complexity index is 533. The summed E-state index contributed by atoms with van der Waals surface area (Å²) in [6.45, 7) is 2.96. The highest BCUT2D eigenvalue weighted by atomic mass is 16.5. The maximum Gasteiger partial charge on any atom is 0.204 e. The Morgan fingerprint density at radius 1 is 1.16 bits per heavy atom. The number of benzene rings is 1. The number of tetrazole rings is 1. The van der Waals surface area contributed by atoms with E-state index in [2.05, 4.69) is 20.5 Å². The molecule has 0 atom stereocenters. The van der Waals surface area contributed by atoms with Gasteiger partial charge in [0.2, 0.25) is 5.82 Å². The minimum atomic E-state index is 0.696. The maximum atomic E-state index is 5.33. The van der Waals surface area contributed by atoms with E-state index in [9.17, 15) is 0 Å². The van der Waals surface area contributed by atoms with Crippen molar-refractivity contribution in [3.63, 3.8) is 0 Å². The Kier molecular flexibility index (Phi) is 3.28. The lowest BCUT2D eigenvalue weighted by molar-refractivity contribution is 0.109. The fourth-order valence-corrected chi connectivity index (χ4v) is 2.03. The highest BCUT2D eigenvalue weighted by Gasteiger charge is 2.17. The molecule has 0 spiro atoms. The van der Waals surface area contributed by atoms with Crippen molar-refractivity contribution in [2.75, 3.05) is 38.4 Å². The second-order valence-electron chi connectivity index (χ2n) is 4.19. The highest BCUT2D eigenvalue weighted by molar-refractivity contribution is 5.56. The van der Waals surface area contributed by atoms with E-state index >= 15 is 0 Å². The van der Waals surface area contributed by atoms with Crippen molar-refractivity contribution in [2.45, 2.75) is 0 Å². The molecule has 0 saturated carbocycles. The number of hydrogen-bond acceptors (Lipinski definition) is 6. The first-order valence-corrected chi connectivity index (χ1v) is 6.14. The number of rotatable bonds is 3. The lowest BCUT2D eigenvalue weighted by atomic mass is 10.2. The van der Waals surface area contributed by atoms with E-state index in [1.807, 2.05) is 24.3 Å². The third-order valence-corrected chi connectivity index (χ3v) is 3.06. The van der Waals surface area contributed by atoms with Gasteiger partial charge >= 0.3 is 0 Å². The van der Waals surface area contributed by atoms with E-state index < -0.39 is 0 Å². The molecule has 1 aromatic heterocycles. The molecule has 2 aromatic rings. The van der Waals surface area contributed by atoms with Gasteiger partial charge in [0.15, 0.2) is 0 Å². The van der Waals surface area contributed by atoms with E-state index in [0.29, 0.717) is 13.2 Å². The first-order valence-electron chi connectivity index (χ1n) is 6.14. The first-order chi connectivity index (χ1) is 9.38. The zero-order valence-corrected chi connectivity index (χ0v) is 10.7. The minimum absolute atomic E-state index is 0.696. The molecule has 0 aliphatic carbocycles. The second kappa shape index (κ2) is 5.23. The summed E-state index contributed by atoms with van der Waals surface area (Å²) in [6, 6.07) is 7.68. The molecule has 1 fully saturated rings. The summed E-state index contributed by atoms with van der Waals surface area (Å²) < 4.78 is 10.5. The highest BCUT2D eigenvalue weighted by Crippen LogP contribution is 2.20. The number of morpholine rings is 1. The van der Waals surface area contributed by atoms with Crippen molar-refractivity contribution in [1.82, 2.24) is 20.3 Å². The Hall–Kier alpha value is -2.15. The van der Waals surface area contributed by atoms with Crippen molar-refractivity contribution < 1.29 is 9.47 Å². The molecule has 0 radical (unpaired) electrons. The van der Waals surface area contributed by atoms with E-state index in [1.165, 1.54) is 0 Å². The van der Waals surface area contributed by atoms with Gasteiger partial charge in [-0.1, -0.05) is 0 Å². The lowest BCUT2D eigenvalue weighted by Crippen LogP contribution is -2.45. The molecule has 0 amide bonds. The predicted octanol–water partition coefficient (Wildman–Crippen LogP) is 0.317. The summed E-state index contributed by atoms with van der Waals surface area (Å²) in [7, 11) is 1.65. The van der Waals surface area contributed by atoms with Crippen molar-refractivity contribution in [1.29, 1.82) is 0 Å². The van der Waals surface area contributed by atoms with E-state index in [4.69, 9.17) is 9.47 Å². The van der Waals surface area contributed by atoms with Gasteiger partial charge in [-0.15, -0.1) is 9.89 Å². The van der Waals surface area contributed by atoms with Crippen molar-refractivity contribution in [3.8, 4) is 17.1 Å². The van der Waals surface area contributed by atoms with E-state index in [0.717, 1.165) is 30.2 Å². The van der Waals surface area contributed by atoms with Crippen molar-refractivity contribution in [3.05, 3.63) is 24.3 Å². The molecule has 1 aliphatic heterocycles. The molecule has 7 nitrogen and oxygen atoms in total. The molecular weight excluding hydrogens is 246 g/mol. The lowest BCUT2D eigenvalue weighted by Gasteiger charge is -2.28. The quantitative estimate of drug-likeness (QED) is 0.792. The van der Waals surface area contributed by atoms with Gasteiger partial charge in [0, 0.05) is 5.56 Å². The summed E-state index contributed by atoms with van der Waals surface area (Å²) in [6.07, 6.45) is 0. The SMILES string of the molecule is COc1ccc(-c2nnnn2N2CCOCC2)cc1. The van der Waals surface area contributed by atoms with Crippen LogP contribution in [-0.2, 0) is 4.74 Å². The number of nitrogens with zero attached hydrogens (tertiary/aromatic N) is 5. The minimum Gasteiger partial charge on any atom is -0.497 e. The summed E-state index contributed by atoms with van der Waals surface area (Å²) in [5, 5.41) is 14.0. The largest absolute Gasteiger partial charge is 0.497 e. The van der Waals surface area contributed by atoms with Crippen LogP contribution >= 0.6 is 0 Å². The van der Waals surface area contributed by atoms with Crippen LogP contribution in [0.3, 0.4) is 0 Å². The van der Waals surface area contributed by atoms with Crippen LogP contribution in [0.15, 0.2) is 24.3 Å². The fourth-order valence-electron chi connectivity index (χ4n) is 2.03. The third kappa shape index (κ3) is 2.37. The molecular formula is C12H15N5O2. The molecule has 7 heteroatoms. The van der Waals surface area contributed by atoms with Crippen molar-refractivity contribution >= 4 is 0 Å². The topological polar surface area (TPSA) is 65.3 Å². The van der Waals surface area contributed by atoms with Crippen LogP contribution in [0, 0.1) is 0 Å². The Morgan fingerprint density at radius 3 is 2.58 bits per heavy atom. The van der Waals surface area contributed by atoms with Crippen LogP contribution < -0.4 is 9.75 Å². The van der Waals surface area contributed by atoms with E-state index in [-0.39, 0.29) is 0 Å². The molecule has 1 saturated heterocycles. The molecule has 0 bridgehead atoms. The molecule has 0 unspecified atom stereocenters. The molecule has 1 aromatic carbocycles. The van der Waals surface area contributed by atoms with Crippen LogP contribution in [0.1, 0.15) is 0 Å². The molecule has 0 N–H and O–H groups in total. The van der Waals surface area contributed by atoms with Gasteiger partial charge in [0.05, 0.1) is 33.4 Å². The number of hydrogen-bond donors (Lipinski definition) is 0. The molecule has 1 aliphatic rings. The van der Waals surface area contributed by atoms with Crippen LogP contribution in [0.5, 0.6) is 5.75 Å². The monoisotopic (exact) mass is 261 g/mol. The van der Waals surface area contributed by atoms with Crippen LogP contribution in [0.25, 0.3) is 11.4 Å². The molecule has 2 heterocycles. The Morgan fingerprint density at radius 2 is 1.89 bits per heavy atom. The van der Waals surface area contributed by atoms with Gasteiger partial charge < -0.3 is 9.47 Å². The van der Waals surface area contributed by atoms with Gasteiger partial charge in [-0.2, -0.15) is 0 Å². The molecule has 3 rings (SSSR count). The summed E-state index contributed by atoms with van der Waals surface area (Å²) >= 11 is 0. The van der Waals surface area contributed by atoms with Gasteiger partial charge in [-0.25, -0.2) is 0 Å². The van der Waals surface area contributed by atoms with Crippen LogP contribution in [0.2, 0.25) is 0 Å². The number of aromatic nitrogens is 4. The zero-order chi connectivity index (χ0) is 13.1. The van der Waals surface area contributed by atoms with Gasteiger partial charge in [0.25, 0.3) is 0 Å². The first kappa shape index (κ1) is 11.9. The summed E-state index contributed by atoms with van der Waals surface area (Å²) in [5.74, 6) is 1.54. The molecule has 19 heavy (non-hydrogen) atoms. The molecule has 100 valence electrons. The third-order valence-electron chi connectivity index (χ3n) is 3.06. The Labute approximate surface area is 110 Å². The van der Waals surface area contributed by atoms with Crippen molar-refractivity contribution in [2.24, 2.45) is 0 Å². The fraction of sp³-hybridized carbons (Fsp3) is 0.417. The number of methoxy groups -OCH3 is 1. The zero-order valence-electron chi connectivity index (χ0n) is 10.7. The average Bonchev–Trinajstić information content (AvgIpc) is 2.98. The van der Waals surface area contributed by atoms with Gasteiger partial charge in [-0.3, -0.25) is 5.01 Å². The summed E-state index contributed by atoms with van der Waals surface area (Å²) in [5.41, 5.74) is 0.956. The Balaban J connectivity index is 1.89. The van der Waals surface area contributed by atoms with Gasteiger partial charge in [0.1, 0.15) is 5.75 Å². The summed E-state index contributed by atoms with van der Waals surface area (Å²) in [4.78, 5) is 1.74. The predicted molar refractivity (Wildman–Crippen MR) is 68.6 cm³/mol. The van der Waals surface area contributed by atoms with Crippen LogP contribution in [-0.4, -0.2) is 53.7 Å². The smallest absolute Gasteiger partial charge is 0.204 e. The van der Waals surface area contributed by atoms with E-state index in [1.54, 1.807) is 11.9 Å². The maximum absolute atomic E-state index is 5.33. The number of ether oxygens (including phenoxy) is 2. The van der Waals surface area contributed by atoms with Crippen LogP contribution in [0.4, 0.5) is 0 Å². The standard InChI is InChI=1S/C12H15N5O2/c1-18-11-4-2-10(3-5-11)12-13-14-15-17(12)16-6-8-19-9-7-16/h2-5H,6-9H2,1H3. The van der Waals surface area contributed by atoms with Gasteiger partial charge in [-0.05, 0) is 34.7 Å². The second-order valence-corrected chi connectivity index (χ2v) is 4.19. The average molecular weight is 261 g/mol. The normalized spacial score (nSPS) is 15.5.